The highest BCUT2D eigenvalue weighted by Gasteiger charge is 2.16. The molecule has 0 aliphatic rings. The van der Waals surface area contributed by atoms with Crippen molar-refractivity contribution < 1.29 is 14.3 Å². The molecule has 176 valence electrons. The third-order valence-electron chi connectivity index (χ3n) is 5.45. The molecule has 0 unspecified atom stereocenters. The van der Waals surface area contributed by atoms with Crippen molar-refractivity contribution in [2.45, 2.75) is 6.92 Å². The molecule has 0 aliphatic carbocycles. The number of thiophene rings is 1. The van der Waals surface area contributed by atoms with E-state index >= 15 is 0 Å². The number of aromatic amines is 1. The molecule has 0 atom stereocenters. The van der Waals surface area contributed by atoms with Crippen molar-refractivity contribution in [3.63, 3.8) is 0 Å². The molecule has 0 saturated heterocycles. The molecule has 11 heteroatoms. The van der Waals surface area contributed by atoms with E-state index in [2.05, 4.69) is 25.9 Å². The van der Waals surface area contributed by atoms with Gasteiger partial charge in [0.1, 0.15) is 17.3 Å². The Morgan fingerprint density at radius 2 is 1.97 bits per heavy atom. The van der Waals surface area contributed by atoms with Crippen LogP contribution in [-0.4, -0.2) is 31.0 Å². The van der Waals surface area contributed by atoms with Gasteiger partial charge in [-0.25, -0.2) is 9.49 Å². The van der Waals surface area contributed by atoms with E-state index in [0.29, 0.717) is 27.3 Å². The molecule has 9 nitrogen and oxygen atoms in total. The number of nitrogens with zero attached hydrogens (tertiary/aromatic N) is 3. The summed E-state index contributed by atoms with van der Waals surface area (Å²) in [6.07, 6.45) is 0. The Kier molecular flexibility index (Phi) is 5.53. The molecule has 35 heavy (non-hydrogen) atoms. The summed E-state index contributed by atoms with van der Waals surface area (Å²) in [5, 5.41) is 26.8. The Hall–Kier alpha value is -4.51. The van der Waals surface area contributed by atoms with Crippen molar-refractivity contribution in [1.82, 2.24) is 20.0 Å². The molecule has 1 amide bonds. The number of amides is 1. The summed E-state index contributed by atoms with van der Waals surface area (Å²) in [6.45, 7) is 1.89. The molecule has 0 saturated carbocycles. The van der Waals surface area contributed by atoms with E-state index in [9.17, 15) is 19.1 Å². The van der Waals surface area contributed by atoms with Crippen LogP contribution in [-0.2, 0) is 7.05 Å². The molecule has 5 aromatic rings. The largest absolute Gasteiger partial charge is 0.507 e. The van der Waals surface area contributed by atoms with Gasteiger partial charge in [-0.15, -0.1) is 11.3 Å². The average molecular weight is 491 g/mol. The van der Waals surface area contributed by atoms with E-state index in [1.54, 1.807) is 36.0 Å². The lowest BCUT2D eigenvalue weighted by Crippen LogP contribution is -2.14. The first-order valence-electron chi connectivity index (χ1n) is 10.5. The van der Waals surface area contributed by atoms with Crippen molar-refractivity contribution >= 4 is 44.5 Å². The Morgan fingerprint density at radius 1 is 1.14 bits per heavy atom. The summed E-state index contributed by atoms with van der Waals surface area (Å²) < 4.78 is 17.0. The summed E-state index contributed by atoms with van der Waals surface area (Å²) >= 11 is 1.19. The molecule has 5 rings (SSSR count). The lowest BCUT2D eigenvalue weighted by atomic mass is 10.1. The number of hydrogen-bond acceptors (Lipinski definition) is 7. The third kappa shape index (κ3) is 4.36. The number of benzene rings is 2. The van der Waals surface area contributed by atoms with Gasteiger partial charge in [0, 0.05) is 34.5 Å². The lowest BCUT2D eigenvalue weighted by Gasteiger charge is -2.09. The van der Waals surface area contributed by atoms with E-state index in [-0.39, 0.29) is 17.1 Å². The van der Waals surface area contributed by atoms with Crippen LogP contribution in [0.2, 0.25) is 0 Å². The fourth-order valence-electron chi connectivity index (χ4n) is 3.53. The van der Waals surface area contributed by atoms with E-state index in [0.717, 1.165) is 10.4 Å². The highest BCUT2D eigenvalue weighted by atomic mass is 32.1. The molecule has 0 radical (unpaired) electrons. The van der Waals surface area contributed by atoms with Crippen LogP contribution in [0.15, 0.2) is 59.4 Å². The topological polar surface area (TPSA) is 125 Å². The van der Waals surface area contributed by atoms with Crippen LogP contribution in [0.4, 0.5) is 21.6 Å². The van der Waals surface area contributed by atoms with Gasteiger partial charge in [-0.05, 0) is 49.4 Å². The Labute approximate surface area is 201 Å². The molecule has 0 spiro atoms. The number of fused-ring (bicyclic) bond motifs is 1. The second-order valence-electron chi connectivity index (χ2n) is 7.86. The van der Waals surface area contributed by atoms with Crippen LogP contribution in [0, 0.1) is 12.7 Å². The number of aromatic hydroxyl groups is 1. The maximum absolute atomic E-state index is 14.5. The SMILES string of the molecule is Cc1cc(Nc2cc(-c3ccc(F)c(NC(=O)c4cc5c(O)cccc5s4)c3)n[nH]c2=O)nn1C. The zero-order chi connectivity index (χ0) is 24.7. The van der Waals surface area contributed by atoms with Gasteiger partial charge in [0.25, 0.3) is 11.5 Å². The third-order valence-corrected chi connectivity index (χ3v) is 6.55. The van der Waals surface area contributed by atoms with Crippen LogP contribution in [0.25, 0.3) is 21.3 Å². The minimum atomic E-state index is -0.627. The van der Waals surface area contributed by atoms with Crippen molar-refractivity contribution in [2.75, 3.05) is 10.6 Å². The number of carbonyl (C=O) groups is 1. The summed E-state index contributed by atoms with van der Waals surface area (Å²) in [5.74, 6) is -0.573. The second kappa shape index (κ2) is 8.69. The molecule has 3 heterocycles. The lowest BCUT2D eigenvalue weighted by molar-refractivity contribution is 0.103. The van der Waals surface area contributed by atoms with Crippen LogP contribution in [0.5, 0.6) is 5.75 Å². The number of rotatable bonds is 5. The second-order valence-corrected chi connectivity index (χ2v) is 8.95. The minimum Gasteiger partial charge on any atom is -0.507 e. The highest BCUT2D eigenvalue weighted by Crippen LogP contribution is 2.33. The zero-order valence-corrected chi connectivity index (χ0v) is 19.4. The molecular weight excluding hydrogens is 471 g/mol. The first-order chi connectivity index (χ1) is 16.8. The fraction of sp³-hybridized carbons (Fsp3) is 0.0833. The van der Waals surface area contributed by atoms with Crippen LogP contribution in [0.3, 0.4) is 0 Å². The van der Waals surface area contributed by atoms with E-state index in [1.807, 2.05) is 6.92 Å². The predicted molar refractivity (Wildman–Crippen MR) is 133 cm³/mol. The first kappa shape index (κ1) is 22.3. The number of phenols is 1. The quantitative estimate of drug-likeness (QED) is 0.287. The van der Waals surface area contributed by atoms with Gasteiger partial charge < -0.3 is 15.7 Å². The van der Waals surface area contributed by atoms with Gasteiger partial charge in [-0.3, -0.25) is 14.3 Å². The standard InChI is InChI=1S/C24H19FN6O3S/c1-12-8-22(30-31(12)2)26-18-11-16(28-29-23(18)33)13-6-7-15(25)17(9-13)27-24(34)21-10-14-19(32)4-3-5-20(14)35-21/h3-11,32H,1-2H3,(H,27,34)(H,29,33)(H,26,28,30). The molecule has 4 N–H and O–H groups in total. The fourth-order valence-corrected chi connectivity index (χ4v) is 4.51. The van der Waals surface area contributed by atoms with Gasteiger partial charge in [-0.1, -0.05) is 6.07 Å². The molecule has 2 aromatic carbocycles. The summed E-state index contributed by atoms with van der Waals surface area (Å²) in [6, 6.07) is 14.0. The molecule has 0 bridgehead atoms. The molecule has 0 fully saturated rings. The van der Waals surface area contributed by atoms with Crippen LogP contribution in [0.1, 0.15) is 15.4 Å². The Balaban J connectivity index is 1.43. The van der Waals surface area contributed by atoms with E-state index < -0.39 is 17.3 Å². The maximum atomic E-state index is 14.5. The van der Waals surface area contributed by atoms with Crippen molar-refractivity contribution in [3.05, 3.63) is 81.3 Å². The first-order valence-corrected chi connectivity index (χ1v) is 11.3. The smallest absolute Gasteiger partial charge is 0.287 e. The number of anilines is 3. The predicted octanol–water partition coefficient (Wildman–Crippen LogP) is 4.53. The van der Waals surface area contributed by atoms with E-state index in [4.69, 9.17) is 0 Å². The number of aryl methyl sites for hydroxylation is 2. The number of carbonyl (C=O) groups excluding carboxylic acids is 1. The maximum Gasteiger partial charge on any atom is 0.287 e. The number of halogens is 1. The van der Waals surface area contributed by atoms with E-state index in [1.165, 1.54) is 41.7 Å². The highest BCUT2D eigenvalue weighted by molar-refractivity contribution is 7.21. The monoisotopic (exact) mass is 490 g/mol. The Bertz CT molecular complexity index is 1640. The minimum absolute atomic E-state index is 0.0444. The van der Waals surface area contributed by atoms with Gasteiger partial charge in [0.15, 0.2) is 5.82 Å². The van der Waals surface area contributed by atoms with Crippen LogP contribution < -0.4 is 16.2 Å². The normalized spacial score (nSPS) is 11.1. The van der Waals surface area contributed by atoms with Crippen molar-refractivity contribution in [1.29, 1.82) is 0 Å². The van der Waals surface area contributed by atoms with Crippen LogP contribution >= 0.6 is 11.3 Å². The van der Waals surface area contributed by atoms with Gasteiger partial charge >= 0.3 is 0 Å². The van der Waals surface area contributed by atoms with Gasteiger partial charge in [0.2, 0.25) is 0 Å². The number of hydrogen-bond donors (Lipinski definition) is 4. The number of aromatic nitrogens is 4. The summed E-state index contributed by atoms with van der Waals surface area (Å²) in [4.78, 5) is 25.4. The summed E-state index contributed by atoms with van der Waals surface area (Å²) in [7, 11) is 1.79. The molecule has 0 aliphatic heterocycles. The molecule has 3 aromatic heterocycles. The zero-order valence-electron chi connectivity index (χ0n) is 18.6. The average Bonchev–Trinajstić information content (AvgIpc) is 3.40. The Morgan fingerprint density at radius 3 is 2.71 bits per heavy atom. The van der Waals surface area contributed by atoms with Gasteiger partial charge in [-0.2, -0.15) is 10.2 Å². The number of phenolic OH excluding ortho intramolecular Hbond substituents is 1. The van der Waals surface area contributed by atoms with Crippen molar-refractivity contribution in [2.24, 2.45) is 7.05 Å². The van der Waals surface area contributed by atoms with Crippen molar-refractivity contribution in [3.8, 4) is 17.0 Å². The number of H-pyrrole nitrogens is 1. The number of nitrogens with one attached hydrogen (secondary N) is 3. The summed E-state index contributed by atoms with van der Waals surface area (Å²) in [5.41, 5.74) is 1.48. The molecular formula is C24H19FN6O3S. The van der Waals surface area contributed by atoms with Gasteiger partial charge in [0.05, 0.1) is 16.3 Å².